The zero-order chi connectivity index (χ0) is 15.2. The zero-order valence-corrected chi connectivity index (χ0v) is 15.1. The van der Waals surface area contributed by atoms with Crippen molar-refractivity contribution in [3.05, 3.63) is 62.6 Å². The average Bonchev–Trinajstić information content (AvgIpc) is 2.45. The van der Waals surface area contributed by atoms with Gasteiger partial charge in [0.1, 0.15) is 0 Å². The Labute approximate surface area is 152 Å². The molecule has 120 valence electrons. The Morgan fingerprint density at radius 1 is 0.955 bits per heavy atom. The second kappa shape index (κ2) is 9.49. The average molecular weight is 381 g/mol. The van der Waals surface area contributed by atoms with Crippen LogP contribution in [0.3, 0.4) is 0 Å². The van der Waals surface area contributed by atoms with Crippen molar-refractivity contribution in [3.8, 4) is 5.75 Å². The lowest BCUT2D eigenvalue weighted by molar-refractivity contribution is 0.340. The molecule has 2 aromatic rings. The molecular weight excluding hydrogens is 364 g/mol. The van der Waals surface area contributed by atoms with Crippen LogP contribution in [-0.2, 0) is 13.1 Å². The van der Waals surface area contributed by atoms with E-state index in [-0.39, 0.29) is 12.4 Å². The minimum absolute atomic E-state index is 0. The maximum absolute atomic E-state index is 6.18. The molecule has 2 aromatic carbocycles. The Hall–Kier alpha value is -0.640. The molecule has 6 heteroatoms. The third kappa shape index (κ3) is 5.22. The monoisotopic (exact) mass is 379 g/mol. The molecule has 0 aliphatic rings. The van der Waals surface area contributed by atoms with E-state index in [1.165, 1.54) is 0 Å². The quantitative estimate of drug-likeness (QED) is 0.687. The van der Waals surface area contributed by atoms with E-state index in [0.717, 1.165) is 16.1 Å². The third-order valence-corrected chi connectivity index (χ3v) is 3.88. The van der Waals surface area contributed by atoms with Gasteiger partial charge < -0.3 is 10.1 Å². The van der Waals surface area contributed by atoms with Crippen molar-refractivity contribution in [1.29, 1.82) is 0 Å². The van der Waals surface area contributed by atoms with E-state index >= 15 is 0 Å². The van der Waals surface area contributed by atoms with E-state index in [1.807, 2.05) is 43.3 Å². The molecule has 0 aliphatic carbocycles. The first-order chi connectivity index (χ1) is 10.1. The summed E-state index contributed by atoms with van der Waals surface area (Å²) in [5.41, 5.74) is 2.06. The highest BCUT2D eigenvalue weighted by Crippen LogP contribution is 2.34. The predicted octanol–water partition coefficient (Wildman–Crippen LogP) is 5.76. The van der Waals surface area contributed by atoms with E-state index in [1.54, 1.807) is 0 Å². The molecule has 0 atom stereocenters. The molecule has 0 aromatic heterocycles. The smallest absolute Gasteiger partial charge is 0.156 e. The summed E-state index contributed by atoms with van der Waals surface area (Å²) in [5, 5.41) is 5.13. The van der Waals surface area contributed by atoms with Gasteiger partial charge in [-0.15, -0.1) is 12.4 Å². The number of hydrogen-bond acceptors (Lipinski definition) is 2. The van der Waals surface area contributed by atoms with Crippen LogP contribution in [0.4, 0.5) is 0 Å². The summed E-state index contributed by atoms with van der Waals surface area (Å²) >= 11 is 18.5. The van der Waals surface area contributed by atoms with Crippen molar-refractivity contribution < 1.29 is 4.74 Å². The normalized spacial score (nSPS) is 10.2. The van der Waals surface area contributed by atoms with Gasteiger partial charge in [-0.1, -0.05) is 53.0 Å². The number of rotatable bonds is 6. The molecule has 0 aliphatic heterocycles. The number of halogens is 4. The van der Waals surface area contributed by atoms with E-state index in [0.29, 0.717) is 35.5 Å². The van der Waals surface area contributed by atoms with Crippen LogP contribution in [0.1, 0.15) is 18.1 Å². The fourth-order valence-electron chi connectivity index (χ4n) is 1.98. The summed E-state index contributed by atoms with van der Waals surface area (Å²) in [6.07, 6.45) is 0. The number of hydrogen-bond donors (Lipinski definition) is 1. The van der Waals surface area contributed by atoms with Crippen molar-refractivity contribution in [2.24, 2.45) is 0 Å². The van der Waals surface area contributed by atoms with Crippen molar-refractivity contribution in [1.82, 2.24) is 5.32 Å². The van der Waals surface area contributed by atoms with Crippen molar-refractivity contribution in [2.75, 3.05) is 6.61 Å². The Morgan fingerprint density at radius 3 is 2.18 bits per heavy atom. The van der Waals surface area contributed by atoms with Crippen LogP contribution in [0.15, 0.2) is 36.4 Å². The van der Waals surface area contributed by atoms with Gasteiger partial charge >= 0.3 is 0 Å². The predicted molar refractivity (Wildman–Crippen MR) is 96.9 cm³/mol. The van der Waals surface area contributed by atoms with Crippen LogP contribution in [0.5, 0.6) is 5.75 Å². The van der Waals surface area contributed by atoms with Gasteiger partial charge in [-0.05, 0) is 36.2 Å². The SMILES string of the molecule is CCOc1c(Cl)cc(CNCc2ccccc2Cl)cc1Cl.Cl. The summed E-state index contributed by atoms with van der Waals surface area (Å²) < 4.78 is 5.41. The number of nitrogens with one attached hydrogen (secondary N) is 1. The topological polar surface area (TPSA) is 21.3 Å². The van der Waals surface area contributed by atoms with Gasteiger partial charge in [-0.2, -0.15) is 0 Å². The van der Waals surface area contributed by atoms with E-state index in [9.17, 15) is 0 Å². The van der Waals surface area contributed by atoms with Gasteiger partial charge in [0.2, 0.25) is 0 Å². The van der Waals surface area contributed by atoms with Crippen molar-refractivity contribution in [2.45, 2.75) is 20.0 Å². The first-order valence-corrected chi connectivity index (χ1v) is 7.80. The fraction of sp³-hybridized carbons (Fsp3) is 0.250. The lowest BCUT2D eigenvalue weighted by Gasteiger charge is -2.11. The van der Waals surface area contributed by atoms with Crippen LogP contribution >= 0.6 is 47.2 Å². The lowest BCUT2D eigenvalue weighted by atomic mass is 10.2. The van der Waals surface area contributed by atoms with Gasteiger partial charge in [0.05, 0.1) is 16.7 Å². The summed E-state index contributed by atoms with van der Waals surface area (Å²) in [4.78, 5) is 0. The van der Waals surface area contributed by atoms with Crippen molar-refractivity contribution >= 4 is 47.2 Å². The number of benzene rings is 2. The summed E-state index contributed by atoms with van der Waals surface area (Å²) in [5.74, 6) is 0.538. The van der Waals surface area contributed by atoms with E-state index in [2.05, 4.69) is 5.32 Å². The highest BCUT2D eigenvalue weighted by atomic mass is 35.5. The molecule has 0 amide bonds. The highest BCUT2D eigenvalue weighted by Gasteiger charge is 2.09. The maximum Gasteiger partial charge on any atom is 0.156 e. The largest absolute Gasteiger partial charge is 0.491 e. The molecule has 0 heterocycles. The minimum atomic E-state index is 0. The van der Waals surface area contributed by atoms with Gasteiger partial charge in [0.15, 0.2) is 5.75 Å². The van der Waals surface area contributed by atoms with Crippen LogP contribution in [0.25, 0.3) is 0 Å². The van der Waals surface area contributed by atoms with Crippen molar-refractivity contribution in [3.63, 3.8) is 0 Å². The Morgan fingerprint density at radius 2 is 1.59 bits per heavy atom. The second-order valence-corrected chi connectivity index (χ2v) is 5.74. The summed E-state index contributed by atoms with van der Waals surface area (Å²) in [7, 11) is 0. The molecule has 0 unspecified atom stereocenters. The third-order valence-electron chi connectivity index (χ3n) is 2.95. The number of ether oxygens (including phenoxy) is 1. The molecule has 2 rings (SSSR count). The maximum atomic E-state index is 6.18. The first kappa shape index (κ1) is 19.4. The molecule has 0 saturated heterocycles. The molecule has 0 saturated carbocycles. The van der Waals surface area contributed by atoms with E-state index < -0.39 is 0 Å². The summed E-state index contributed by atoms with van der Waals surface area (Å²) in [6.45, 7) is 3.76. The van der Waals surface area contributed by atoms with Crippen LogP contribution in [-0.4, -0.2) is 6.61 Å². The summed E-state index contributed by atoms with van der Waals surface area (Å²) in [6, 6.07) is 11.5. The molecule has 0 spiro atoms. The first-order valence-electron chi connectivity index (χ1n) is 6.66. The Bertz CT molecular complexity index is 596. The standard InChI is InChI=1S/C16H16Cl3NO.ClH/c1-2-21-16-14(18)7-11(8-15(16)19)9-20-10-12-5-3-4-6-13(12)17;/h3-8,20H,2,9-10H2,1H3;1H. The molecule has 0 bridgehead atoms. The zero-order valence-electron chi connectivity index (χ0n) is 12.0. The van der Waals surface area contributed by atoms with Crippen LogP contribution in [0.2, 0.25) is 15.1 Å². The molecule has 1 N–H and O–H groups in total. The molecule has 2 nitrogen and oxygen atoms in total. The van der Waals surface area contributed by atoms with Crippen LogP contribution < -0.4 is 10.1 Å². The highest BCUT2D eigenvalue weighted by molar-refractivity contribution is 6.37. The van der Waals surface area contributed by atoms with Gasteiger partial charge in [-0.3, -0.25) is 0 Å². The van der Waals surface area contributed by atoms with E-state index in [4.69, 9.17) is 39.5 Å². The molecule has 22 heavy (non-hydrogen) atoms. The lowest BCUT2D eigenvalue weighted by Crippen LogP contribution is -2.13. The van der Waals surface area contributed by atoms with Crippen LogP contribution in [0, 0.1) is 0 Å². The fourth-order valence-corrected chi connectivity index (χ4v) is 2.82. The Kier molecular flexibility index (Phi) is 8.37. The van der Waals surface area contributed by atoms with Gasteiger partial charge in [-0.25, -0.2) is 0 Å². The molecule has 0 radical (unpaired) electrons. The second-order valence-electron chi connectivity index (χ2n) is 4.52. The van der Waals surface area contributed by atoms with Gasteiger partial charge in [0.25, 0.3) is 0 Å². The molecular formula is C16H17Cl4NO. The Balaban J connectivity index is 0.00000242. The van der Waals surface area contributed by atoms with Gasteiger partial charge in [0, 0.05) is 18.1 Å². The molecule has 0 fully saturated rings. The minimum Gasteiger partial charge on any atom is -0.491 e.